The van der Waals surface area contributed by atoms with Gasteiger partial charge in [0.25, 0.3) is 0 Å². The largest absolute Gasteiger partial charge is 0.399 e. The Hall–Kier alpha value is -1.62. The molecule has 1 unspecified atom stereocenters. The summed E-state index contributed by atoms with van der Waals surface area (Å²) in [6.07, 6.45) is 1.21. The van der Waals surface area contributed by atoms with Crippen molar-refractivity contribution in [1.82, 2.24) is 20.2 Å². The molecule has 0 bridgehead atoms. The summed E-state index contributed by atoms with van der Waals surface area (Å²) < 4.78 is 1.82. The van der Waals surface area contributed by atoms with E-state index in [-0.39, 0.29) is 0 Å². The molecule has 1 aliphatic carbocycles. The molecule has 3 rings (SSSR count). The molecule has 5 nitrogen and oxygen atoms in total. The fourth-order valence-electron chi connectivity index (χ4n) is 2.33. The summed E-state index contributed by atoms with van der Waals surface area (Å²) in [5, 5.41) is 12.5. The second-order valence-electron chi connectivity index (χ2n) is 5.81. The fourth-order valence-corrected chi connectivity index (χ4v) is 2.53. The lowest BCUT2D eigenvalue weighted by Gasteiger charge is -2.08. The zero-order chi connectivity index (χ0) is 13.6. The van der Waals surface area contributed by atoms with Crippen LogP contribution in [0.2, 0.25) is 5.02 Å². The van der Waals surface area contributed by atoms with E-state index in [1.165, 1.54) is 6.42 Å². The lowest BCUT2D eigenvalue weighted by atomic mass is 10.1. The molecule has 19 heavy (non-hydrogen) atoms. The van der Waals surface area contributed by atoms with Gasteiger partial charge in [-0.15, -0.1) is 5.10 Å². The van der Waals surface area contributed by atoms with Gasteiger partial charge in [-0.05, 0) is 46.4 Å². The van der Waals surface area contributed by atoms with Crippen LogP contribution < -0.4 is 5.73 Å². The van der Waals surface area contributed by atoms with Crippen molar-refractivity contribution < 1.29 is 0 Å². The van der Waals surface area contributed by atoms with Gasteiger partial charge in [-0.3, -0.25) is 0 Å². The molecule has 0 spiro atoms. The molecule has 100 valence electrons. The molecule has 2 N–H and O–H groups in total. The third-order valence-electron chi connectivity index (χ3n) is 3.87. The summed E-state index contributed by atoms with van der Waals surface area (Å²) in [6.45, 7) is 5.34. The quantitative estimate of drug-likeness (QED) is 0.876. The van der Waals surface area contributed by atoms with Crippen molar-refractivity contribution in [3.8, 4) is 11.4 Å². The number of aromatic nitrogens is 4. The molecule has 0 radical (unpaired) electrons. The predicted molar refractivity (Wildman–Crippen MR) is 74.6 cm³/mol. The summed E-state index contributed by atoms with van der Waals surface area (Å²) in [4.78, 5) is 0. The standard InChI is InChI=1S/C13H16ClN5/c1-13(2)6-8(13)7-19-12(16-17-18-19)10-5-9(15)3-4-11(10)14/h3-5,8H,6-7,15H2,1-2H3. The van der Waals surface area contributed by atoms with Crippen molar-refractivity contribution >= 4 is 17.3 Å². The average molecular weight is 278 g/mol. The molecule has 1 aromatic carbocycles. The Kier molecular flexibility index (Phi) is 2.74. The number of tetrazole rings is 1. The van der Waals surface area contributed by atoms with Gasteiger partial charge in [0.1, 0.15) is 0 Å². The van der Waals surface area contributed by atoms with Gasteiger partial charge in [-0.2, -0.15) is 0 Å². The van der Waals surface area contributed by atoms with E-state index in [1.54, 1.807) is 12.1 Å². The Morgan fingerprint density at radius 1 is 1.47 bits per heavy atom. The molecule has 1 fully saturated rings. The summed E-state index contributed by atoms with van der Waals surface area (Å²) in [6, 6.07) is 5.35. The summed E-state index contributed by atoms with van der Waals surface area (Å²) in [7, 11) is 0. The van der Waals surface area contributed by atoms with E-state index in [0.717, 1.165) is 12.1 Å². The molecule has 1 saturated carbocycles. The van der Waals surface area contributed by atoms with Crippen LogP contribution in [-0.2, 0) is 6.54 Å². The van der Waals surface area contributed by atoms with Crippen LogP contribution in [-0.4, -0.2) is 20.2 Å². The Morgan fingerprint density at radius 2 is 2.21 bits per heavy atom. The molecule has 6 heteroatoms. The van der Waals surface area contributed by atoms with E-state index in [2.05, 4.69) is 29.4 Å². The molecule has 0 aliphatic heterocycles. The van der Waals surface area contributed by atoms with Crippen molar-refractivity contribution in [2.75, 3.05) is 5.73 Å². The van der Waals surface area contributed by atoms with Crippen LogP contribution >= 0.6 is 11.6 Å². The first kappa shape index (κ1) is 12.4. The number of nitrogens with two attached hydrogens (primary N) is 1. The summed E-state index contributed by atoms with van der Waals surface area (Å²) in [5.74, 6) is 1.30. The number of hydrogen-bond acceptors (Lipinski definition) is 4. The average Bonchev–Trinajstić information content (AvgIpc) is 2.75. The highest BCUT2D eigenvalue weighted by Crippen LogP contribution is 2.52. The Labute approximate surface area is 116 Å². The number of nitrogens with zero attached hydrogens (tertiary/aromatic N) is 4. The molecule has 0 saturated heterocycles. The normalized spacial score (nSPS) is 20.5. The van der Waals surface area contributed by atoms with E-state index < -0.39 is 0 Å². The maximum absolute atomic E-state index is 6.20. The molecule has 1 aromatic heterocycles. The Bertz CT molecular complexity index is 619. The zero-order valence-corrected chi connectivity index (χ0v) is 11.7. The smallest absolute Gasteiger partial charge is 0.183 e. The molecule has 1 aliphatic rings. The van der Waals surface area contributed by atoms with Gasteiger partial charge in [0.05, 0.1) is 5.02 Å². The van der Waals surface area contributed by atoms with Gasteiger partial charge < -0.3 is 5.73 Å². The van der Waals surface area contributed by atoms with Crippen LogP contribution in [0.25, 0.3) is 11.4 Å². The highest BCUT2D eigenvalue weighted by molar-refractivity contribution is 6.33. The number of nitrogen functional groups attached to an aromatic ring is 1. The summed E-state index contributed by atoms with van der Waals surface area (Å²) in [5.41, 5.74) is 7.63. The number of rotatable bonds is 3. The SMILES string of the molecule is CC1(C)CC1Cn1nnnc1-c1cc(N)ccc1Cl. The molecule has 1 atom stereocenters. The number of anilines is 1. The third kappa shape index (κ3) is 2.30. The van der Waals surface area contributed by atoms with E-state index in [4.69, 9.17) is 17.3 Å². The van der Waals surface area contributed by atoms with Crippen molar-refractivity contribution in [2.24, 2.45) is 11.3 Å². The van der Waals surface area contributed by atoms with Crippen molar-refractivity contribution in [3.63, 3.8) is 0 Å². The number of hydrogen-bond donors (Lipinski definition) is 1. The minimum absolute atomic E-state index is 0.392. The number of halogens is 1. The lowest BCUT2D eigenvalue weighted by molar-refractivity contribution is 0.467. The lowest BCUT2D eigenvalue weighted by Crippen LogP contribution is -2.07. The van der Waals surface area contributed by atoms with Gasteiger partial charge in [-0.1, -0.05) is 25.4 Å². The van der Waals surface area contributed by atoms with Gasteiger partial charge >= 0.3 is 0 Å². The van der Waals surface area contributed by atoms with Crippen LogP contribution in [0.1, 0.15) is 20.3 Å². The molecule has 0 amide bonds. The van der Waals surface area contributed by atoms with Gasteiger partial charge in [0, 0.05) is 17.8 Å². The van der Waals surface area contributed by atoms with Crippen LogP contribution in [0.15, 0.2) is 18.2 Å². The maximum atomic E-state index is 6.20. The Morgan fingerprint density at radius 3 is 2.89 bits per heavy atom. The van der Waals surface area contributed by atoms with Gasteiger partial charge in [-0.25, -0.2) is 4.68 Å². The first-order valence-electron chi connectivity index (χ1n) is 6.29. The second kappa shape index (κ2) is 4.20. The predicted octanol–water partition coefficient (Wildman–Crippen LogP) is 2.62. The van der Waals surface area contributed by atoms with E-state index in [9.17, 15) is 0 Å². The van der Waals surface area contributed by atoms with Gasteiger partial charge in [0.2, 0.25) is 0 Å². The van der Waals surface area contributed by atoms with Crippen molar-refractivity contribution in [2.45, 2.75) is 26.8 Å². The minimum Gasteiger partial charge on any atom is -0.399 e. The van der Waals surface area contributed by atoms with Crippen LogP contribution in [0.3, 0.4) is 0 Å². The first-order valence-corrected chi connectivity index (χ1v) is 6.67. The van der Waals surface area contributed by atoms with Gasteiger partial charge in [0.15, 0.2) is 5.82 Å². The Balaban J connectivity index is 1.93. The van der Waals surface area contributed by atoms with Crippen molar-refractivity contribution in [1.29, 1.82) is 0 Å². The monoisotopic (exact) mass is 277 g/mol. The zero-order valence-electron chi connectivity index (χ0n) is 11.0. The van der Waals surface area contributed by atoms with Crippen molar-refractivity contribution in [3.05, 3.63) is 23.2 Å². The summed E-state index contributed by atoms with van der Waals surface area (Å²) >= 11 is 6.20. The number of benzene rings is 1. The second-order valence-corrected chi connectivity index (χ2v) is 6.22. The minimum atomic E-state index is 0.392. The van der Waals surface area contributed by atoms with Crippen LogP contribution in [0, 0.1) is 11.3 Å². The van der Waals surface area contributed by atoms with E-state index in [0.29, 0.717) is 27.9 Å². The molecule has 2 aromatic rings. The first-order chi connectivity index (χ1) is 8.97. The third-order valence-corrected chi connectivity index (χ3v) is 4.20. The highest BCUT2D eigenvalue weighted by Gasteiger charge is 2.46. The fraction of sp³-hybridized carbons (Fsp3) is 0.462. The van der Waals surface area contributed by atoms with E-state index in [1.807, 2.05) is 10.7 Å². The maximum Gasteiger partial charge on any atom is 0.183 e. The van der Waals surface area contributed by atoms with Crippen LogP contribution in [0.4, 0.5) is 5.69 Å². The van der Waals surface area contributed by atoms with Crippen LogP contribution in [0.5, 0.6) is 0 Å². The van der Waals surface area contributed by atoms with E-state index >= 15 is 0 Å². The molecular formula is C13H16ClN5. The molecular weight excluding hydrogens is 262 g/mol. The topological polar surface area (TPSA) is 69.6 Å². The molecule has 1 heterocycles. The highest BCUT2D eigenvalue weighted by atomic mass is 35.5.